The molecule has 19 heavy (non-hydrogen) atoms. The van der Waals surface area contributed by atoms with Gasteiger partial charge in [-0.1, -0.05) is 62.5 Å². The highest BCUT2D eigenvalue weighted by molar-refractivity contribution is 9.10. The van der Waals surface area contributed by atoms with E-state index < -0.39 is 0 Å². The molecule has 0 heterocycles. The molecule has 1 N–H and O–H groups in total. The van der Waals surface area contributed by atoms with Gasteiger partial charge in [0.05, 0.1) is 16.8 Å². The summed E-state index contributed by atoms with van der Waals surface area (Å²) in [4.78, 5) is 0. The van der Waals surface area contributed by atoms with Crippen molar-refractivity contribution in [3.05, 3.63) is 62.0 Å². The highest BCUT2D eigenvalue weighted by atomic mass is 79.9. The van der Waals surface area contributed by atoms with E-state index in [2.05, 4.69) is 56.2 Å². The molecule has 0 aliphatic carbocycles. The Hall–Kier alpha value is -0.510. The van der Waals surface area contributed by atoms with Crippen molar-refractivity contribution in [2.75, 3.05) is 5.32 Å². The lowest BCUT2D eigenvalue weighted by atomic mass is 10.0. The van der Waals surface area contributed by atoms with Gasteiger partial charge < -0.3 is 5.32 Å². The summed E-state index contributed by atoms with van der Waals surface area (Å²) in [5.74, 6) is 0. The number of benzene rings is 2. The third-order valence-electron chi connectivity index (χ3n) is 2.92. The molecular weight excluding hydrogens is 389 g/mol. The lowest BCUT2D eigenvalue weighted by Gasteiger charge is -2.20. The molecule has 0 saturated heterocycles. The summed E-state index contributed by atoms with van der Waals surface area (Å²) in [5.41, 5.74) is 2.20. The van der Waals surface area contributed by atoms with Gasteiger partial charge in [0, 0.05) is 8.95 Å². The first-order valence-corrected chi connectivity index (χ1v) is 8.03. The van der Waals surface area contributed by atoms with E-state index in [4.69, 9.17) is 11.6 Å². The Kier molecular flexibility index (Phi) is 5.31. The molecule has 1 unspecified atom stereocenters. The number of halogens is 3. The van der Waals surface area contributed by atoms with E-state index in [1.807, 2.05) is 30.3 Å². The minimum absolute atomic E-state index is 0.246. The zero-order valence-electron chi connectivity index (χ0n) is 10.5. The zero-order valence-corrected chi connectivity index (χ0v) is 14.4. The predicted molar refractivity (Wildman–Crippen MR) is 89.9 cm³/mol. The van der Waals surface area contributed by atoms with Gasteiger partial charge in [0.25, 0.3) is 0 Å². The Morgan fingerprint density at radius 1 is 1.11 bits per heavy atom. The van der Waals surface area contributed by atoms with Gasteiger partial charge in [0.2, 0.25) is 0 Å². The van der Waals surface area contributed by atoms with Gasteiger partial charge >= 0.3 is 0 Å². The predicted octanol–water partition coefficient (Wildman–Crippen LogP) is 6.43. The minimum atomic E-state index is 0.246. The van der Waals surface area contributed by atoms with Crippen LogP contribution < -0.4 is 5.32 Å². The van der Waals surface area contributed by atoms with Crippen LogP contribution in [0, 0.1) is 0 Å². The Balaban J connectivity index is 2.24. The molecule has 1 nitrogen and oxygen atoms in total. The quantitative estimate of drug-likeness (QED) is 0.620. The topological polar surface area (TPSA) is 12.0 Å². The van der Waals surface area contributed by atoms with Crippen molar-refractivity contribution in [2.24, 2.45) is 0 Å². The summed E-state index contributed by atoms with van der Waals surface area (Å²) >= 11 is 13.2. The van der Waals surface area contributed by atoms with Gasteiger partial charge in [-0.2, -0.15) is 0 Å². The molecule has 0 spiro atoms. The lowest BCUT2D eigenvalue weighted by molar-refractivity contribution is 0.749. The van der Waals surface area contributed by atoms with E-state index in [1.54, 1.807) is 0 Å². The third-order valence-corrected chi connectivity index (χ3v) is 4.22. The first-order valence-electron chi connectivity index (χ1n) is 6.07. The first-order chi connectivity index (χ1) is 9.10. The van der Waals surface area contributed by atoms with Crippen LogP contribution in [0.15, 0.2) is 51.4 Å². The molecular formula is C15H14Br2ClN. The summed E-state index contributed by atoms with van der Waals surface area (Å²) in [7, 11) is 0. The second kappa shape index (κ2) is 6.78. The average Bonchev–Trinajstić information content (AvgIpc) is 2.38. The van der Waals surface area contributed by atoms with Crippen LogP contribution in [0.1, 0.15) is 24.9 Å². The highest BCUT2D eigenvalue weighted by Crippen LogP contribution is 2.30. The number of nitrogens with one attached hydrogen (secondary N) is 1. The van der Waals surface area contributed by atoms with Crippen LogP contribution in [-0.4, -0.2) is 0 Å². The van der Waals surface area contributed by atoms with Gasteiger partial charge in [0.15, 0.2) is 0 Å². The number of hydrogen-bond donors (Lipinski definition) is 1. The molecule has 0 amide bonds. The van der Waals surface area contributed by atoms with Crippen LogP contribution in [0.4, 0.5) is 5.69 Å². The monoisotopic (exact) mass is 401 g/mol. The average molecular weight is 404 g/mol. The smallest absolute Gasteiger partial charge is 0.0648 e. The van der Waals surface area contributed by atoms with Crippen molar-refractivity contribution in [2.45, 2.75) is 19.4 Å². The number of rotatable bonds is 4. The standard InChI is InChI=1S/C15H14Br2ClN/c1-2-14(10-4-3-5-11(16)8-10)19-15-7-6-12(17)9-13(15)18/h3-9,14,19H,2H2,1H3. The molecule has 1 atom stereocenters. The van der Waals surface area contributed by atoms with Crippen LogP contribution in [0.2, 0.25) is 5.02 Å². The maximum absolute atomic E-state index is 6.25. The van der Waals surface area contributed by atoms with E-state index in [0.717, 1.165) is 26.1 Å². The maximum Gasteiger partial charge on any atom is 0.0648 e. The zero-order chi connectivity index (χ0) is 13.8. The Bertz CT molecular complexity index is 572. The van der Waals surface area contributed by atoms with Crippen LogP contribution in [0.25, 0.3) is 0 Å². The third kappa shape index (κ3) is 3.98. The van der Waals surface area contributed by atoms with E-state index in [0.29, 0.717) is 0 Å². The van der Waals surface area contributed by atoms with Crippen molar-refractivity contribution < 1.29 is 0 Å². The van der Waals surface area contributed by atoms with Crippen molar-refractivity contribution in [1.82, 2.24) is 0 Å². The van der Waals surface area contributed by atoms with Gasteiger partial charge in [-0.15, -0.1) is 0 Å². The van der Waals surface area contributed by atoms with Crippen molar-refractivity contribution in [1.29, 1.82) is 0 Å². The molecule has 0 aromatic heterocycles. The van der Waals surface area contributed by atoms with E-state index in [1.165, 1.54) is 5.56 Å². The van der Waals surface area contributed by atoms with E-state index in [-0.39, 0.29) is 6.04 Å². The first kappa shape index (κ1) is 14.9. The summed E-state index contributed by atoms with van der Waals surface area (Å²) in [6.45, 7) is 2.16. The molecule has 4 heteroatoms. The summed E-state index contributed by atoms with van der Waals surface area (Å²) in [6, 6.07) is 14.5. The van der Waals surface area contributed by atoms with E-state index >= 15 is 0 Å². The molecule has 2 aromatic carbocycles. The largest absolute Gasteiger partial charge is 0.377 e. The van der Waals surface area contributed by atoms with Crippen molar-refractivity contribution in [3.8, 4) is 0 Å². The Morgan fingerprint density at radius 2 is 1.84 bits per heavy atom. The normalized spacial score (nSPS) is 12.2. The summed E-state index contributed by atoms with van der Waals surface area (Å²) in [6.07, 6.45) is 0.989. The SMILES string of the molecule is CCC(Nc1ccc(Br)cc1Cl)c1cccc(Br)c1. The van der Waals surface area contributed by atoms with Gasteiger partial charge in [-0.3, -0.25) is 0 Å². The number of hydrogen-bond acceptors (Lipinski definition) is 1. The van der Waals surface area contributed by atoms with Crippen LogP contribution in [0.5, 0.6) is 0 Å². The molecule has 0 aliphatic rings. The molecule has 0 aliphatic heterocycles. The van der Waals surface area contributed by atoms with Crippen molar-refractivity contribution >= 4 is 49.1 Å². The lowest BCUT2D eigenvalue weighted by Crippen LogP contribution is -2.09. The molecule has 0 radical (unpaired) electrons. The van der Waals surface area contributed by atoms with Gasteiger partial charge in [-0.25, -0.2) is 0 Å². The summed E-state index contributed by atoms with van der Waals surface area (Å²) < 4.78 is 2.07. The summed E-state index contributed by atoms with van der Waals surface area (Å²) in [5, 5.41) is 4.22. The highest BCUT2D eigenvalue weighted by Gasteiger charge is 2.11. The molecule has 100 valence electrons. The fraction of sp³-hybridized carbons (Fsp3) is 0.200. The van der Waals surface area contributed by atoms with Gasteiger partial charge in [0.1, 0.15) is 0 Å². The minimum Gasteiger partial charge on any atom is -0.377 e. The molecule has 2 aromatic rings. The second-order valence-electron chi connectivity index (χ2n) is 4.28. The second-order valence-corrected chi connectivity index (χ2v) is 6.52. The van der Waals surface area contributed by atoms with Crippen LogP contribution in [-0.2, 0) is 0 Å². The Morgan fingerprint density at radius 3 is 2.47 bits per heavy atom. The Labute approximate surface area is 135 Å². The number of anilines is 1. The van der Waals surface area contributed by atoms with E-state index in [9.17, 15) is 0 Å². The van der Waals surface area contributed by atoms with Crippen LogP contribution >= 0.6 is 43.5 Å². The fourth-order valence-electron chi connectivity index (χ4n) is 1.94. The molecule has 0 fully saturated rings. The van der Waals surface area contributed by atoms with Crippen molar-refractivity contribution in [3.63, 3.8) is 0 Å². The fourth-order valence-corrected chi connectivity index (χ4v) is 3.08. The van der Waals surface area contributed by atoms with Crippen LogP contribution in [0.3, 0.4) is 0 Å². The molecule has 0 saturated carbocycles. The van der Waals surface area contributed by atoms with Gasteiger partial charge in [-0.05, 0) is 42.3 Å². The molecule has 2 rings (SSSR count). The maximum atomic E-state index is 6.25. The molecule has 0 bridgehead atoms.